The van der Waals surface area contributed by atoms with Crippen molar-refractivity contribution < 1.29 is 4.79 Å². The minimum absolute atomic E-state index is 0.176. The summed E-state index contributed by atoms with van der Waals surface area (Å²) in [6, 6.07) is 14.6. The molecule has 2 aromatic rings. The highest BCUT2D eigenvalue weighted by atomic mass is 16.1. The predicted molar refractivity (Wildman–Crippen MR) is 60.9 cm³/mol. The van der Waals surface area contributed by atoms with Gasteiger partial charge in [0, 0.05) is 12.3 Å². The van der Waals surface area contributed by atoms with E-state index in [9.17, 15) is 4.79 Å². The van der Waals surface area contributed by atoms with Gasteiger partial charge in [-0.1, -0.05) is 42.5 Å². The van der Waals surface area contributed by atoms with Gasteiger partial charge in [0.25, 0.3) is 0 Å². The first kappa shape index (κ1) is 8.66. The zero-order chi connectivity index (χ0) is 10.3. The topological polar surface area (TPSA) is 17.1 Å². The molecule has 0 aliphatic heterocycles. The van der Waals surface area contributed by atoms with Crippen LogP contribution in [0.4, 0.5) is 0 Å². The van der Waals surface area contributed by atoms with Crippen molar-refractivity contribution in [3.8, 4) is 0 Å². The number of benzene rings is 2. The molecule has 1 saturated carbocycles. The molecule has 1 atom stereocenters. The Bertz CT molecular complexity index is 528. The van der Waals surface area contributed by atoms with E-state index in [-0.39, 0.29) is 5.92 Å². The molecular weight excluding hydrogens is 184 g/mol. The molecule has 1 aliphatic rings. The van der Waals surface area contributed by atoms with Crippen molar-refractivity contribution in [3.63, 3.8) is 0 Å². The maximum atomic E-state index is 11.4. The van der Waals surface area contributed by atoms with Crippen LogP contribution in [0.15, 0.2) is 42.5 Å². The molecule has 0 N–H and O–H groups in total. The lowest BCUT2D eigenvalue weighted by Crippen LogP contribution is -2.22. The maximum Gasteiger partial charge on any atom is 0.140 e. The monoisotopic (exact) mass is 196 g/mol. The Balaban J connectivity index is 2.10. The van der Waals surface area contributed by atoms with Gasteiger partial charge in [-0.05, 0) is 22.8 Å². The third-order valence-electron chi connectivity index (χ3n) is 3.24. The van der Waals surface area contributed by atoms with Crippen LogP contribution in [0.1, 0.15) is 24.3 Å². The van der Waals surface area contributed by atoms with Gasteiger partial charge in [0.05, 0.1) is 0 Å². The van der Waals surface area contributed by atoms with E-state index in [1.807, 2.05) is 12.1 Å². The highest BCUT2D eigenvalue weighted by Gasteiger charge is 2.29. The molecule has 1 fully saturated rings. The van der Waals surface area contributed by atoms with Gasteiger partial charge in [-0.2, -0.15) is 0 Å². The van der Waals surface area contributed by atoms with E-state index in [1.54, 1.807) is 0 Å². The quantitative estimate of drug-likeness (QED) is 0.684. The molecule has 2 aromatic carbocycles. The number of ketones is 1. The summed E-state index contributed by atoms with van der Waals surface area (Å²) < 4.78 is 0. The first-order valence-electron chi connectivity index (χ1n) is 5.36. The van der Waals surface area contributed by atoms with E-state index in [0.29, 0.717) is 5.78 Å². The minimum Gasteiger partial charge on any atom is -0.299 e. The smallest absolute Gasteiger partial charge is 0.140 e. The number of rotatable bonds is 1. The van der Waals surface area contributed by atoms with E-state index in [2.05, 4.69) is 30.3 Å². The Morgan fingerprint density at radius 3 is 2.47 bits per heavy atom. The Kier molecular flexibility index (Phi) is 1.84. The molecule has 3 rings (SSSR count). The van der Waals surface area contributed by atoms with Gasteiger partial charge < -0.3 is 0 Å². The molecule has 0 radical (unpaired) electrons. The van der Waals surface area contributed by atoms with Crippen molar-refractivity contribution in [2.24, 2.45) is 0 Å². The van der Waals surface area contributed by atoms with Gasteiger partial charge in [-0.15, -0.1) is 0 Å². The first-order valence-corrected chi connectivity index (χ1v) is 5.36. The molecule has 0 spiro atoms. The summed E-state index contributed by atoms with van der Waals surface area (Å²) in [6.07, 6.45) is 1.79. The SMILES string of the molecule is O=C1CCC1c1ccc2ccccc2c1. The van der Waals surface area contributed by atoms with Crippen molar-refractivity contribution >= 4 is 16.6 Å². The Morgan fingerprint density at radius 2 is 1.80 bits per heavy atom. The largest absolute Gasteiger partial charge is 0.299 e. The molecule has 0 amide bonds. The molecule has 1 heteroatoms. The van der Waals surface area contributed by atoms with Crippen LogP contribution >= 0.6 is 0 Å². The fraction of sp³-hybridized carbons (Fsp3) is 0.214. The van der Waals surface area contributed by atoms with E-state index in [0.717, 1.165) is 12.8 Å². The van der Waals surface area contributed by atoms with Crippen LogP contribution in [0.3, 0.4) is 0 Å². The lowest BCUT2D eigenvalue weighted by molar-refractivity contribution is -0.125. The lowest BCUT2D eigenvalue weighted by Gasteiger charge is -2.24. The first-order chi connectivity index (χ1) is 7.34. The Labute approximate surface area is 88.7 Å². The van der Waals surface area contributed by atoms with E-state index >= 15 is 0 Å². The van der Waals surface area contributed by atoms with Crippen LogP contribution < -0.4 is 0 Å². The third-order valence-corrected chi connectivity index (χ3v) is 3.24. The summed E-state index contributed by atoms with van der Waals surface area (Å²) in [6.45, 7) is 0. The van der Waals surface area contributed by atoms with Crippen LogP contribution in [0.5, 0.6) is 0 Å². The second-order valence-corrected chi connectivity index (χ2v) is 4.16. The van der Waals surface area contributed by atoms with Crippen LogP contribution in [0, 0.1) is 0 Å². The van der Waals surface area contributed by atoms with Gasteiger partial charge >= 0.3 is 0 Å². The van der Waals surface area contributed by atoms with Crippen LogP contribution in [0.2, 0.25) is 0 Å². The summed E-state index contributed by atoms with van der Waals surface area (Å²) in [4.78, 5) is 11.4. The van der Waals surface area contributed by atoms with E-state index in [4.69, 9.17) is 0 Å². The van der Waals surface area contributed by atoms with E-state index < -0.39 is 0 Å². The van der Waals surface area contributed by atoms with Gasteiger partial charge in [0.2, 0.25) is 0 Å². The van der Waals surface area contributed by atoms with Crippen molar-refractivity contribution in [1.29, 1.82) is 0 Å². The average molecular weight is 196 g/mol. The number of Topliss-reactive ketones (excluding diaryl/α,β-unsaturated/α-hetero) is 1. The normalized spacial score (nSPS) is 20.3. The Hall–Kier alpha value is -1.63. The minimum atomic E-state index is 0.176. The summed E-state index contributed by atoms with van der Waals surface area (Å²) >= 11 is 0. The van der Waals surface area contributed by atoms with Gasteiger partial charge in [-0.25, -0.2) is 0 Å². The van der Waals surface area contributed by atoms with Crippen molar-refractivity contribution in [2.75, 3.05) is 0 Å². The molecule has 0 bridgehead atoms. The molecular formula is C14H12O. The molecule has 1 nitrogen and oxygen atoms in total. The van der Waals surface area contributed by atoms with Crippen LogP contribution in [-0.2, 0) is 4.79 Å². The molecule has 0 saturated heterocycles. The molecule has 74 valence electrons. The standard InChI is InChI=1S/C14H12O/c15-14-8-7-13(14)12-6-5-10-3-1-2-4-11(10)9-12/h1-6,9,13H,7-8H2. The average Bonchev–Trinajstić information content (AvgIpc) is 2.27. The molecule has 1 aliphatic carbocycles. The number of carbonyl (C=O) groups excluding carboxylic acids is 1. The predicted octanol–water partition coefficient (Wildman–Crippen LogP) is 3.29. The molecule has 0 aromatic heterocycles. The van der Waals surface area contributed by atoms with Gasteiger partial charge in [-0.3, -0.25) is 4.79 Å². The zero-order valence-electron chi connectivity index (χ0n) is 8.44. The molecule has 15 heavy (non-hydrogen) atoms. The summed E-state index contributed by atoms with van der Waals surface area (Å²) in [5.41, 5.74) is 1.19. The van der Waals surface area contributed by atoms with Crippen molar-refractivity contribution in [1.82, 2.24) is 0 Å². The number of hydrogen-bond donors (Lipinski definition) is 0. The second kappa shape index (κ2) is 3.20. The molecule has 0 heterocycles. The number of fused-ring (bicyclic) bond motifs is 1. The Morgan fingerprint density at radius 1 is 1.00 bits per heavy atom. The fourth-order valence-electron chi connectivity index (χ4n) is 2.18. The summed E-state index contributed by atoms with van der Waals surface area (Å²) in [7, 11) is 0. The fourth-order valence-corrected chi connectivity index (χ4v) is 2.18. The lowest BCUT2D eigenvalue weighted by atomic mass is 9.78. The maximum absolute atomic E-state index is 11.4. The highest BCUT2D eigenvalue weighted by molar-refractivity contribution is 5.93. The number of hydrogen-bond acceptors (Lipinski definition) is 1. The second-order valence-electron chi connectivity index (χ2n) is 4.16. The van der Waals surface area contributed by atoms with Gasteiger partial charge in [0.15, 0.2) is 0 Å². The summed E-state index contributed by atoms with van der Waals surface area (Å²) in [5, 5.41) is 2.47. The summed E-state index contributed by atoms with van der Waals surface area (Å²) in [5.74, 6) is 0.569. The molecule has 1 unspecified atom stereocenters. The van der Waals surface area contributed by atoms with Crippen LogP contribution in [0.25, 0.3) is 10.8 Å². The van der Waals surface area contributed by atoms with E-state index in [1.165, 1.54) is 16.3 Å². The van der Waals surface area contributed by atoms with Crippen LogP contribution in [-0.4, -0.2) is 5.78 Å². The third kappa shape index (κ3) is 1.35. The van der Waals surface area contributed by atoms with Crippen molar-refractivity contribution in [2.45, 2.75) is 18.8 Å². The van der Waals surface area contributed by atoms with Gasteiger partial charge in [0.1, 0.15) is 5.78 Å². The van der Waals surface area contributed by atoms with Crippen molar-refractivity contribution in [3.05, 3.63) is 48.0 Å². The zero-order valence-corrected chi connectivity index (χ0v) is 8.44. The number of carbonyl (C=O) groups is 1. The highest BCUT2D eigenvalue weighted by Crippen LogP contribution is 2.34.